The second-order valence-electron chi connectivity index (χ2n) is 4.92. The summed E-state index contributed by atoms with van der Waals surface area (Å²) >= 11 is 8.76. The molecule has 1 aromatic heterocycles. The second kappa shape index (κ2) is 4.76. The Morgan fingerprint density at radius 2 is 2.32 bits per heavy atom. The number of nitrogens with zero attached hydrogens (tertiary/aromatic N) is 1. The van der Waals surface area contributed by atoms with Crippen molar-refractivity contribution in [3.63, 3.8) is 0 Å². The Balaban J connectivity index is 2.01. The van der Waals surface area contributed by atoms with Crippen LogP contribution in [0.4, 0.5) is 0 Å². The molecule has 1 aliphatic rings. The van der Waals surface area contributed by atoms with Crippen LogP contribution in [0.2, 0.25) is 0 Å². The third-order valence-corrected chi connectivity index (χ3v) is 4.16. The van der Waals surface area contributed by atoms with Crippen molar-refractivity contribution in [2.75, 3.05) is 0 Å². The van der Waals surface area contributed by atoms with E-state index < -0.39 is 0 Å². The molecule has 1 atom stereocenters. The summed E-state index contributed by atoms with van der Waals surface area (Å²) in [7, 11) is 0. The number of hydrogen-bond donors (Lipinski definition) is 2. The van der Waals surface area contributed by atoms with Crippen molar-refractivity contribution < 1.29 is 4.79 Å². The zero-order valence-corrected chi connectivity index (χ0v) is 12.8. The van der Waals surface area contributed by atoms with Crippen molar-refractivity contribution in [1.29, 1.82) is 0 Å². The highest BCUT2D eigenvalue weighted by Gasteiger charge is 2.27. The van der Waals surface area contributed by atoms with Crippen molar-refractivity contribution in [1.82, 2.24) is 14.9 Å². The van der Waals surface area contributed by atoms with Gasteiger partial charge < -0.3 is 14.9 Å². The lowest BCUT2D eigenvalue weighted by molar-refractivity contribution is -0.123. The number of rotatable bonds is 3. The highest BCUT2D eigenvalue weighted by atomic mass is 79.9. The summed E-state index contributed by atoms with van der Waals surface area (Å²) in [5, 5.41) is 3.02. The van der Waals surface area contributed by atoms with Crippen molar-refractivity contribution >= 4 is 45.1 Å². The number of aromatic nitrogens is 2. The quantitative estimate of drug-likeness (QED) is 0.843. The average molecular weight is 340 g/mol. The minimum absolute atomic E-state index is 0.0300. The molecule has 4 nitrogen and oxygen atoms in total. The maximum Gasteiger partial charge on any atom is 0.243 e. The van der Waals surface area contributed by atoms with E-state index in [2.05, 4.69) is 26.2 Å². The van der Waals surface area contributed by atoms with Gasteiger partial charge in [0, 0.05) is 10.5 Å². The number of halogens is 1. The number of amides is 1. The summed E-state index contributed by atoms with van der Waals surface area (Å²) in [6, 6.07) is 5.94. The third kappa shape index (κ3) is 2.47. The van der Waals surface area contributed by atoms with Gasteiger partial charge in [0.2, 0.25) is 5.91 Å². The van der Waals surface area contributed by atoms with E-state index in [0.29, 0.717) is 10.8 Å². The van der Waals surface area contributed by atoms with Crippen LogP contribution in [0.25, 0.3) is 11.0 Å². The standard InChI is InChI=1S/C13H14BrN3OS/c1-7(12(18)15-9-3-4-9)17-11-5-2-8(14)6-10(11)16-13(17)19/h2,5-7,9H,3-4H2,1H3,(H,15,18)(H,16,19). The van der Waals surface area contributed by atoms with Gasteiger partial charge in [0.1, 0.15) is 6.04 Å². The van der Waals surface area contributed by atoms with Gasteiger partial charge in [-0.3, -0.25) is 4.79 Å². The molecule has 1 aromatic carbocycles. The van der Waals surface area contributed by atoms with E-state index >= 15 is 0 Å². The fourth-order valence-corrected chi connectivity index (χ4v) is 2.88. The van der Waals surface area contributed by atoms with E-state index in [4.69, 9.17) is 12.2 Å². The Morgan fingerprint density at radius 1 is 1.58 bits per heavy atom. The third-order valence-electron chi connectivity index (χ3n) is 3.37. The second-order valence-corrected chi connectivity index (χ2v) is 6.22. The molecule has 1 fully saturated rings. The van der Waals surface area contributed by atoms with Gasteiger partial charge in [-0.1, -0.05) is 15.9 Å². The predicted molar refractivity (Wildman–Crippen MR) is 80.7 cm³/mol. The number of benzene rings is 1. The van der Waals surface area contributed by atoms with Crippen LogP contribution in [0.1, 0.15) is 25.8 Å². The SMILES string of the molecule is CC(C(=O)NC1CC1)n1c(=S)[nH]c2cc(Br)ccc21. The minimum Gasteiger partial charge on any atom is -0.352 e. The van der Waals surface area contributed by atoms with Crippen LogP contribution < -0.4 is 5.32 Å². The van der Waals surface area contributed by atoms with Crippen LogP contribution in [0.15, 0.2) is 22.7 Å². The Bertz CT molecular complexity index is 701. The van der Waals surface area contributed by atoms with Crippen LogP contribution in [0.5, 0.6) is 0 Å². The molecule has 0 spiro atoms. The molecule has 1 aliphatic carbocycles. The van der Waals surface area contributed by atoms with E-state index in [1.165, 1.54) is 0 Å². The highest BCUT2D eigenvalue weighted by Crippen LogP contribution is 2.24. The largest absolute Gasteiger partial charge is 0.352 e. The molecule has 6 heteroatoms. The molecule has 100 valence electrons. The zero-order chi connectivity index (χ0) is 13.6. The minimum atomic E-state index is -0.303. The molecule has 0 bridgehead atoms. The molecule has 2 N–H and O–H groups in total. The van der Waals surface area contributed by atoms with E-state index in [0.717, 1.165) is 28.3 Å². The van der Waals surface area contributed by atoms with Gasteiger partial charge in [0.05, 0.1) is 11.0 Å². The molecule has 2 aromatic rings. The summed E-state index contributed by atoms with van der Waals surface area (Å²) in [5.74, 6) is 0.0300. The molecule has 0 aliphatic heterocycles. The highest BCUT2D eigenvalue weighted by molar-refractivity contribution is 9.10. The molecule has 1 saturated carbocycles. The Labute approximate surface area is 124 Å². The van der Waals surface area contributed by atoms with E-state index in [9.17, 15) is 4.79 Å². The molecule has 1 heterocycles. The van der Waals surface area contributed by atoms with Crippen molar-refractivity contribution in [2.45, 2.75) is 31.8 Å². The van der Waals surface area contributed by atoms with Crippen LogP contribution in [0.3, 0.4) is 0 Å². The van der Waals surface area contributed by atoms with Gasteiger partial charge >= 0.3 is 0 Å². The van der Waals surface area contributed by atoms with Crippen molar-refractivity contribution in [2.24, 2.45) is 0 Å². The fourth-order valence-electron chi connectivity index (χ4n) is 2.15. The summed E-state index contributed by atoms with van der Waals surface area (Å²) in [4.78, 5) is 15.3. The van der Waals surface area contributed by atoms with Gasteiger partial charge in [0.25, 0.3) is 0 Å². The molecule has 0 saturated heterocycles. The molecule has 3 rings (SSSR count). The maximum atomic E-state index is 12.2. The summed E-state index contributed by atoms with van der Waals surface area (Å²) in [6.07, 6.45) is 2.18. The van der Waals surface area contributed by atoms with E-state index in [1.807, 2.05) is 29.7 Å². The van der Waals surface area contributed by atoms with Crippen LogP contribution >= 0.6 is 28.1 Å². The normalized spacial score (nSPS) is 16.5. The number of carbonyl (C=O) groups excluding carboxylic acids is 1. The first kappa shape index (κ1) is 12.9. The molecule has 1 unspecified atom stereocenters. The van der Waals surface area contributed by atoms with Crippen molar-refractivity contribution in [3.8, 4) is 0 Å². The zero-order valence-electron chi connectivity index (χ0n) is 10.4. The van der Waals surface area contributed by atoms with E-state index in [-0.39, 0.29) is 11.9 Å². The van der Waals surface area contributed by atoms with Crippen molar-refractivity contribution in [3.05, 3.63) is 27.4 Å². The van der Waals surface area contributed by atoms with Gasteiger partial charge in [-0.25, -0.2) is 0 Å². The van der Waals surface area contributed by atoms with Gasteiger partial charge in [-0.2, -0.15) is 0 Å². The Kier molecular flexibility index (Phi) is 3.22. The number of aromatic amines is 1. The molecular weight excluding hydrogens is 326 g/mol. The van der Waals surface area contributed by atoms with Gasteiger partial charge in [-0.15, -0.1) is 0 Å². The Hall–Kier alpha value is -1.14. The number of fused-ring (bicyclic) bond motifs is 1. The topological polar surface area (TPSA) is 49.8 Å². The first-order chi connectivity index (χ1) is 9.06. The molecule has 1 amide bonds. The number of carbonyl (C=O) groups is 1. The number of imidazole rings is 1. The number of H-pyrrole nitrogens is 1. The smallest absolute Gasteiger partial charge is 0.243 e. The molecule has 0 radical (unpaired) electrons. The van der Waals surface area contributed by atoms with Gasteiger partial charge in [0.15, 0.2) is 4.77 Å². The lowest BCUT2D eigenvalue weighted by atomic mass is 10.2. The summed E-state index contributed by atoms with van der Waals surface area (Å²) in [5.41, 5.74) is 1.89. The number of nitrogens with one attached hydrogen (secondary N) is 2. The molecule has 19 heavy (non-hydrogen) atoms. The lowest BCUT2D eigenvalue weighted by Crippen LogP contribution is -2.32. The summed E-state index contributed by atoms with van der Waals surface area (Å²) < 4.78 is 3.43. The Morgan fingerprint density at radius 3 is 3.00 bits per heavy atom. The first-order valence-electron chi connectivity index (χ1n) is 6.26. The fraction of sp³-hybridized carbons (Fsp3) is 0.385. The summed E-state index contributed by atoms with van der Waals surface area (Å²) in [6.45, 7) is 1.88. The average Bonchev–Trinajstić information content (AvgIpc) is 3.10. The predicted octanol–water partition coefficient (Wildman–Crippen LogP) is 3.30. The maximum absolute atomic E-state index is 12.2. The van der Waals surface area contributed by atoms with Gasteiger partial charge in [-0.05, 0) is 50.2 Å². The lowest BCUT2D eigenvalue weighted by Gasteiger charge is -2.14. The van der Waals surface area contributed by atoms with Crippen LogP contribution in [0, 0.1) is 4.77 Å². The number of hydrogen-bond acceptors (Lipinski definition) is 2. The van der Waals surface area contributed by atoms with E-state index in [1.54, 1.807) is 0 Å². The molecular formula is C13H14BrN3OS. The van der Waals surface area contributed by atoms with Crippen LogP contribution in [-0.2, 0) is 4.79 Å². The monoisotopic (exact) mass is 339 g/mol. The van der Waals surface area contributed by atoms with Crippen LogP contribution in [-0.4, -0.2) is 21.5 Å². The first-order valence-corrected chi connectivity index (χ1v) is 7.46.